The molecule has 5 nitrogen and oxygen atoms in total. The minimum Gasteiger partial charge on any atom is -0.481 e. The van der Waals surface area contributed by atoms with Crippen LogP contribution in [0.5, 0.6) is 0 Å². The molecule has 86 valence electrons. The van der Waals surface area contributed by atoms with Crippen LogP contribution in [0.1, 0.15) is 24.8 Å². The van der Waals surface area contributed by atoms with Gasteiger partial charge in [-0.05, 0) is 31.2 Å². The molecule has 1 heterocycles. The molecule has 0 spiro atoms. The second-order valence-corrected chi connectivity index (χ2v) is 4.27. The first kappa shape index (κ1) is 10.9. The molecule has 1 unspecified atom stereocenters. The second kappa shape index (κ2) is 4.47. The maximum Gasteiger partial charge on any atom is 0.305 e. The highest BCUT2D eigenvalue weighted by Gasteiger charge is 2.33. The normalized spacial score (nSPS) is 16.8. The Kier molecular flexibility index (Phi) is 3.03. The van der Waals surface area contributed by atoms with E-state index >= 15 is 0 Å². The predicted molar refractivity (Wildman–Crippen MR) is 59.2 cm³/mol. The van der Waals surface area contributed by atoms with E-state index in [0.29, 0.717) is 11.9 Å². The lowest BCUT2D eigenvalue weighted by Crippen LogP contribution is -2.26. The van der Waals surface area contributed by atoms with Crippen LogP contribution in [0.4, 0.5) is 5.95 Å². The highest BCUT2D eigenvalue weighted by atomic mass is 16.4. The number of hydrogen-bond acceptors (Lipinski definition) is 4. The van der Waals surface area contributed by atoms with Crippen LogP contribution < -0.4 is 5.32 Å². The Morgan fingerprint density at radius 1 is 1.56 bits per heavy atom. The summed E-state index contributed by atoms with van der Waals surface area (Å²) in [7, 11) is 0. The number of nitrogens with zero attached hydrogens (tertiary/aromatic N) is 2. The monoisotopic (exact) mass is 221 g/mol. The highest BCUT2D eigenvalue weighted by molar-refractivity contribution is 5.68. The molecular formula is C11H15N3O2. The van der Waals surface area contributed by atoms with Gasteiger partial charge in [0.25, 0.3) is 0 Å². The fourth-order valence-electron chi connectivity index (χ4n) is 1.66. The molecule has 1 aromatic heterocycles. The molecule has 1 aliphatic rings. The van der Waals surface area contributed by atoms with E-state index in [-0.39, 0.29) is 12.5 Å². The fourth-order valence-corrected chi connectivity index (χ4v) is 1.66. The van der Waals surface area contributed by atoms with Gasteiger partial charge in [-0.15, -0.1) is 0 Å². The number of hydrogen-bond donors (Lipinski definition) is 2. The van der Waals surface area contributed by atoms with Crippen molar-refractivity contribution in [3.63, 3.8) is 0 Å². The van der Waals surface area contributed by atoms with Gasteiger partial charge in [-0.2, -0.15) is 0 Å². The third kappa shape index (κ3) is 2.92. The molecule has 1 aliphatic carbocycles. The molecule has 1 saturated carbocycles. The lowest BCUT2D eigenvalue weighted by molar-refractivity contribution is -0.137. The molecule has 1 fully saturated rings. The average Bonchev–Trinajstić information content (AvgIpc) is 3.03. The number of carboxylic acid groups (broad SMARTS) is 1. The van der Waals surface area contributed by atoms with Gasteiger partial charge in [-0.1, -0.05) is 0 Å². The number of anilines is 1. The molecule has 0 aliphatic heterocycles. The van der Waals surface area contributed by atoms with Crippen molar-refractivity contribution in [2.45, 2.75) is 32.2 Å². The quantitative estimate of drug-likeness (QED) is 0.787. The second-order valence-electron chi connectivity index (χ2n) is 4.27. The molecular weight excluding hydrogens is 206 g/mol. The Morgan fingerprint density at radius 2 is 2.19 bits per heavy atom. The first-order valence-corrected chi connectivity index (χ1v) is 5.42. The van der Waals surface area contributed by atoms with E-state index < -0.39 is 5.97 Å². The number of aliphatic carboxylic acids is 1. The molecule has 0 amide bonds. The first-order valence-electron chi connectivity index (χ1n) is 5.42. The van der Waals surface area contributed by atoms with Gasteiger partial charge in [0.15, 0.2) is 0 Å². The van der Waals surface area contributed by atoms with E-state index in [4.69, 9.17) is 5.11 Å². The predicted octanol–water partition coefficient (Wildman–Crippen LogP) is 1.45. The number of aryl methyl sites for hydroxylation is 1. The third-order valence-corrected chi connectivity index (χ3v) is 2.68. The van der Waals surface area contributed by atoms with Crippen LogP contribution in [0.3, 0.4) is 0 Å². The van der Waals surface area contributed by atoms with Crippen LogP contribution in [0.25, 0.3) is 0 Å². The van der Waals surface area contributed by atoms with Crippen molar-refractivity contribution in [2.24, 2.45) is 5.92 Å². The van der Waals surface area contributed by atoms with E-state index in [1.165, 1.54) is 0 Å². The van der Waals surface area contributed by atoms with Crippen molar-refractivity contribution in [3.8, 4) is 0 Å². The summed E-state index contributed by atoms with van der Waals surface area (Å²) in [5.74, 6) is 0.196. The van der Waals surface area contributed by atoms with E-state index in [1.54, 1.807) is 12.4 Å². The van der Waals surface area contributed by atoms with Gasteiger partial charge in [0, 0.05) is 18.4 Å². The molecule has 0 bridgehead atoms. The van der Waals surface area contributed by atoms with E-state index in [0.717, 1.165) is 18.4 Å². The minimum absolute atomic E-state index is 0.0415. The van der Waals surface area contributed by atoms with E-state index in [1.807, 2.05) is 6.92 Å². The Balaban J connectivity index is 1.99. The van der Waals surface area contributed by atoms with Crippen molar-refractivity contribution in [2.75, 3.05) is 5.32 Å². The highest BCUT2D eigenvalue weighted by Crippen LogP contribution is 2.35. The van der Waals surface area contributed by atoms with E-state index in [9.17, 15) is 4.79 Å². The number of nitrogens with one attached hydrogen (secondary N) is 1. The van der Waals surface area contributed by atoms with Crippen LogP contribution in [0.15, 0.2) is 12.4 Å². The average molecular weight is 221 g/mol. The number of carbonyl (C=O) groups is 1. The van der Waals surface area contributed by atoms with Gasteiger partial charge in [0.1, 0.15) is 0 Å². The van der Waals surface area contributed by atoms with Crippen molar-refractivity contribution < 1.29 is 9.90 Å². The van der Waals surface area contributed by atoms with E-state index in [2.05, 4.69) is 15.3 Å². The Labute approximate surface area is 93.9 Å². The topological polar surface area (TPSA) is 75.1 Å². The summed E-state index contributed by atoms with van der Waals surface area (Å²) >= 11 is 0. The standard InChI is InChI=1S/C11H15N3O2/c1-7-5-12-11(13-6-7)14-9(4-10(15)16)8-2-3-8/h5-6,8-9H,2-4H2,1H3,(H,15,16)(H,12,13,14). The van der Waals surface area contributed by atoms with Crippen LogP contribution in [-0.4, -0.2) is 27.1 Å². The maximum absolute atomic E-state index is 10.7. The maximum atomic E-state index is 10.7. The van der Waals surface area contributed by atoms with Crippen molar-refractivity contribution >= 4 is 11.9 Å². The molecule has 2 rings (SSSR count). The minimum atomic E-state index is -0.781. The Morgan fingerprint density at radius 3 is 2.69 bits per heavy atom. The van der Waals surface area contributed by atoms with Gasteiger partial charge >= 0.3 is 5.97 Å². The van der Waals surface area contributed by atoms with Crippen molar-refractivity contribution in [1.82, 2.24) is 9.97 Å². The molecule has 0 aromatic carbocycles. The summed E-state index contributed by atoms with van der Waals surface area (Å²) in [5.41, 5.74) is 0.992. The summed E-state index contributed by atoms with van der Waals surface area (Å²) in [4.78, 5) is 18.9. The summed E-state index contributed by atoms with van der Waals surface area (Å²) in [6.45, 7) is 1.92. The molecule has 16 heavy (non-hydrogen) atoms. The zero-order chi connectivity index (χ0) is 11.5. The smallest absolute Gasteiger partial charge is 0.305 e. The zero-order valence-corrected chi connectivity index (χ0v) is 9.18. The lowest BCUT2D eigenvalue weighted by Gasteiger charge is -2.15. The first-order chi connectivity index (χ1) is 7.65. The summed E-state index contributed by atoms with van der Waals surface area (Å²) < 4.78 is 0. The molecule has 1 aromatic rings. The van der Waals surface area contributed by atoms with Gasteiger partial charge in [-0.25, -0.2) is 9.97 Å². The lowest BCUT2D eigenvalue weighted by atomic mass is 10.1. The number of aromatic nitrogens is 2. The molecule has 5 heteroatoms. The van der Waals surface area contributed by atoms with Crippen LogP contribution in [-0.2, 0) is 4.79 Å². The number of rotatable bonds is 5. The molecule has 2 N–H and O–H groups in total. The van der Waals surface area contributed by atoms with Gasteiger partial charge in [0.2, 0.25) is 5.95 Å². The van der Waals surface area contributed by atoms with Crippen LogP contribution >= 0.6 is 0 Å². The summed E-state index contributed by atoms with van der Waals surface area (Å²) in [6, 6.07) is -0.0415. The van der Waals surface area contributed by atoms with Gasteiger partial charge in [-0.3, -0.25) is 4.79 Å². The third-order valence-electron chi connectivity index (χ3n) is 2.68. The van der Waals surface area contributed by atoms with Crippen LogP contribution in [0.2, 0.25) is 0 Å². The molecule has 0 radical (unpaired) electrons. The Hall–Kier alpha value is -1.65. The molecule has 1 atom stereocenters. The van der Waals surface area contributed by atoms with Crippen LogP contribution in [0, 0.1) is 12.8 Å². The fraction of sp³-hybridized carbons (Fsp3) is 0.545. The zero-order valence-electron chi connectivity index (χ0n) is 9.18. The van der Waals surface area contributed by atoms with Gasteiger partial charge < -0.3 is 10.4 Å². The number of carboxylic acids is 1. The summed E-state index contributed by atoms with van der Waals surface area (Å²) in [6.07, 6.45) is 5.76. The largest absolute Gasteiger partial charge is 0.481 e. The van der Waals surface area contributed by atoms with Crippen molar-refractivity contribution in [3.05, 3.63) is 18.0 Å². The van der Waals surface area contributed by atoms with Crippen molar-refractivity contribution in [1.29, 1.82) is 0 Å². The Bertz CT molecular complexity index is 373. The SMILES string of the molecule is Cc1cnc(NC(CC(=O)O)C2CC2)nc1. The molecule has 0 saturated heterocycles. The summed E-state index contributed by atoms with van der Waals surface area (Å²) in [5, 5.41) is 11.9. The van der Waals surface area contributed by atoms with Gasteiger partial charge in [0.05, 0.1) is 6.42 Å².